The maximum Gasteiger partial charge on any atom is 0.119 e. The Morgan fingerprint density at radius 3 is 2.72 bits per heavy atom. The molecular formula is C16H23NO. The summed E-state index contributed by atoms with van der Waals surface area (Å²) >= 11 is 0. The first-order valence-corrected chi connectivity index (χ1v) is 6.70. The Morgan fingerprint density at radius 1 is 1.28 bits per heavy atom. The Hall–Kier alpha value is -1.49. The largest absolute Gasteiger partial charge is 0.494 e. The van der Waals surface area contributed by atoms with Gasteiger partial charge in [-0.2, -0.15) is 5.26 Å². The Balaban J connectivity index is 2.24. The third-order valence-corrected chi connectivity index (χ3v) is 3.07. The number of benzene rings is 1. The molecule has 0 N–H and O–H groups in total. The maximum absolute atomic E-state index is 8.90. The number of nitriles is 1. The van der Waals surface area contributed by atoms with E-state index in [1.54, 1.807) is 0 Å². The zero-order valence-electron chi connectivity index (χ0n) is 11.7. The predicted molar refractivity (Wildman–Crippen MR) is 74.6 cm³/mol. The summed E-state index contributed by atoms with van der Waals surface area (Å²) in [5.41, 5.74) is 1.10. The molecule has 0 unspecified atom stereocenters. The molecule has 0 atom stereocenters. The second kappa shape index (κ2) is 7.06. The summed E-state index contributed by atoms with van der Waals surface area (Å²) < 4.78 is 5.71. The van der Waals surface area contributed by atoms with E-state index in [9.17, 15) is 0 Å². The van der Waals surface area contributed by atoms with Gasteiger partial charge in [-0.25, -0.2) is 0 Å². The van der Waals surface area contributed by atoms with Crippen LogP contribution in [0.4, 0.5) is 0 Å². The van der Waals surface area contributed by atoms with Gasteiger partial charge in [-0.15, -0.1) is 0 Å². The average Bonchev–Trinajstić information content (AvgIpc) is 2.38. The van der Waals surface area contributed by atoms with Crippen LogP contribution in [0.15, 0.2) is 24.3 Å². The number of nitrogens with zero attached hydrogens (tertiary/aromatic N) is 1. The molecule has 1 rings (SSSR count). The molecule has 1 aromatic carbocycles. The highest BCUT2D eigenvalue weighted by Crippen LogP contribution is 2.22. The Bertz CT molecular complexity index is 404. The van der Waals surface area contributed by atoms with Gasteiger partial charge in [0.2, 0.25) is 0 Å². The summed E-state index contributed by atoms with van der Waals surface area (Å²) in [4.78, 5) is 0. The minimum Gasteiger partial charge on any atom is -0.494 e. The van der Waals surface area contributed by atoms with Crippen LogP contribution in [-0.2, 0) is 6.42 Å². The lowest BCUT2D eigenvalue weighted by Crippen LogP contribution is -2.08. The van der Waals surface area contributed by atoms with Crippen LogP contribution >= 0.6 is 0 Å². The molecule has 0 aromatic heterocycles. The van der Waals surface area contributed by atoms with Crippen LogP contribution in [-0.4, -0.2) is 6.61 Å². The fraction of sp³-hybridized carbons (Fsp3) is 0.562. The quantitative estimate of drug-likeness (QED) is 0.669. The van der Waals surface area contributed by atoms with E-state index in [1.165, 1.54) is 5.56 Å². The average molecular weight is 245 g/mol. The number of aryl methyl sites for hydroxylation is 1. The maximum atomic E-state index is 8.90. The van der Waals surface area contributed by atoms with E-state index in [-0.39, 0.29) is 5.41 Å². The van der Waals surface area contributed by atoms with Crippen LogP contribution in [0.1, 0.15) is 45.6 Å². The molecule has 98 valence electrons. The molecule has 18 heavy (non-hydrogen) atoms. The van der Waals surface area contributed by atoms with Crippen molar-refractivity contribution in [3.8, 4) is 11.8 Å². The Morgan fingerprint density at radius 2 is 2.06 bits per heavy atom. The van der Waals surface area contributed by atoms with Gasteiger partial charge in [0.1, 0.15) is 5.75 Å². The lowest BCUT2D eigenvalue weighted by molar-refractivity contribution is 0.294. The Kier molecular flexibility index (Phi) is 5.71. The smallest absolute Gasteiger partial charge is 0.119 e. The van der Waals surface area contributed by atoms with Gasteiger partial charge in [-0.1, -0.05) is 19.1 Å². The van der Waals surface area contributed by atoms with Crippen molar-refractivity contribution in [3.05, 3.63) is 29.8 Å². The van der Waals surface area contributed by atoms with Gasteiger partial charge >= 0.3 is 0 Å². The molecule has 0 spiro atoms. The van der Waals surface area contributed by atoms with Crippen molar-refractivity contribution >= 4 is 0 Å². The Labute approximate surface area is 111 Å². The zero-order chi connectivity index (χ0) is 13.4. The van der Waals surface area contributed by atoms with E-state index in [4.69, 9.17) is 10.00 Å². The SMILES string of the molecule is CCc1cccc(OCCCCC(C)(C)C#N)c1. The third kappa shape index (κ3) is 5.23. The standard InChI is InChI=1S/C16H23NO/c1-4-14-8-7-9-15(12-14)18-11-6-5-10-16(2,3)13-17/h7-9,12H,4-6,10-11H2,1-3H3. The molecule has 0 aliphatic rings. The van der Waals surface area contributed by atoms with Gasteiger partial charge in [0, 0.05) is 0 Å². The number of hydrogen-bond donors (Lipinski definition) is 0. The van der Waals surface area contributed by atoms with Gasteiger partial charge in [-0.05, 0) is 57.2 Å². The molecule has 0 saturated carbocycles. The lowest BCUT2D eigenvalue weighted by Gasteiger charge is -2.14. The monoisotopic (exact) mass is 245 g/mol. The van der Waals surface area contributed by atoms with Crippen molar-refractivity contribution in [2.45, 2.75) is 46.5 Å². The highest BCUT2D eigenvalue weighted by atomic mass is 16.5. The van der Waals surface area contributed by atoms with E-state index in [2.05, 4.69) is 25.1 Å². The van der Waals surface area contributed by atoms with Gasteiger partial charge in [0.05, 0.1) is 18.1 Å². The summed E-state index contributed by atoms with van der Waals surface area (Å²) in [6.07, 6.45) is 4.00. The first kappa shape index (κ1) is 14.6. The van der Waals surface area contributed by atoms with E-state index in [0.717, 1.165) is 38.0 Å². The van der Waals surface area contributed by atoms with Crippen molar-refractivity contribution in [1.82, 2.24) is 0 Å². The molecule has 0 bridgehead atoms. The summed E-state index contributed by atoms with van der Waals surface area (Å²) in [5, 5.41) is 8.90. The molecular weight excluding hydrogens is 222 g/mol. The van der Waals surface area contributed by atoms with Crippen LogP contribution in [0.25, 0.3) is 0 Å². The highest BCUT2D eigenvalue weighted by molar-refractivity contribution is 5.28. The number of ether oxygens (including phenoxy) is 1. The second-order valence-corrected chi connectivity index (χ2v) is 5.30. The first-order chi connectivity index (χ1) is 8.57. The first-order valence-electron chi connectivity index (χ1n) is 6.70. The molecule has 0 aliphatic heterocycles. The van der Waals surface area contributed by atoms with Crippen molar-refractivity contribution in [3.63, 3.8) is 0 Å². The number of unbranched alkanes of at least 4 members (excludes halogenated alkanes) is 1. The number of hydrogen-bond acceptors (Lipinski definition) is 2. The minimum absolute atomic E-state index is 0.206. The van der Waals surface area contributed by atoms with E-state index in [0.29, 0.717) is 0 Å². The molecule has 2 nitrogen and oxygen atoms in total. The van der Waals surface area contributed by atoms with Crippen LogP contribution in [0, 0.1) is 16.7 Å². The fourth-order valence-corrected chi connectivity index (χ4v) is 1.77. The van der Waals surface area contributed by atoms with Crippen LogP contribution in [0.2, 0.25) is 0 Å². The second-order valence-electron chi connectivity index (χ2n) is 5.30. The van der Waals surface area contributed by atoms with Crippen LogP contribution < -0.4 is 4.74 Å². The zero-order valence-corrected chi connectivity index (χ0v) is 11.7. The van der Waals surface area contributed by atoms with Crippen molar-refractivity contribution in [1.29, 1.82) is 5.26 Å². The van der Waals surface area contributed by atoms with Crippen LogP contribution in [0.5, 0.6) is 5.75 Å². The number of rotatable bonds is 7. The summed E-state index contributed by atoms with van der Waals surface area (Å²) in [7, 11) is 0. The topological polar surface area (TPSA) is 33.0 Å². The van der Waals surface area contributed by atoms with Gasteiger partial charge < -0.3 is 4.74 Å². The normalized spacial score (nSPS) is 11.0. The summed E-state index contributed by atoms with van der Waals surface area (Å²) in [6.45, 7) is 6.84. The fourth-order valence-electron chi connectivity index (χ4n) is 1.77. The molecule has 0 radical (unpaired) electrons. The predicted octanol–water partition coefficient (Wildman–Crippen LogP) is 4.35. The summed E-state index contributed by atoms with van der Waals surface area (Å²) in [5.74, 6) is 0.953. The minimum atomic E-state index is -0.206. The van der Waals surface area contributed by atoms with E-state index < -0.39 is 0 Å². The third-order valence-electron chi connectivity index (χ3n) is 3.07. The molecule has 0 heterocycles. The lowest BCUT2D eigenvalue weighted by atomic mass is 9.89. The van der Waals surface area contributed by atoms with Gasteiger partial charge in [0.15, 0.2) is 0 Å². The van der Waals surface area contributed by atoms with Crippen molar-refractivity contribution in [2.24, 2.45) is 5.41 Å². The molecule has 0 saturated heterocycles. The highest BCUT2D eigenvalue weighted by Gasteiger charge is 2.15. The van der Waals surface area contributed by atoms with Crippen molar-refractivity contribution < 1.29 is 4.74 Å². The molecule has 0 amide bonds. The van der Waals surface area contributed by atoms with E-state index in [1.807, 2.05) is 26.0 Å². The van der Waals surface area contributed by atoms with Crippen LogP contribution in [0.3, 0.4) is 0 Å². The molecule has 2 heteroatoms. The van der Waals surface area contributed by atoms with Gasteiger partial charge in [0.25, 0.3) is 0 Å². The summed E-state index contributed by atoms with van der Waals surface area (Å²) in [6, 6.07) is 10.6. The molecule has 1 aromatic rings. The van der Waals surface area contributed by atoms with E-state index >= 15 is 0 Å². The van der Waals surface area contributed by atoms with Crippen molar-refractivity contribution in [2.75, 3.05) is 6.61 Å². The molecule has 0 aliphatic carbocycles. The van der Waals surface area contributed by atoms with Gasteiger partial charge in [-0.3, -0.25) is 0 Å². The molecule has 0 fully saturated rings.